The summed E-state index contributed by atoms with van der Waals surface area (Å²) in [5.41, 5.74) is 0. The predicted molar refractivity (Wildman–Crippen MR) is 131 cm³/mol. The second kappa shape index (κ2) is 23.0. The summed E-state index contributed by atoms with van der Waals surface area (Å²) < 4.78 is 16.7. The van der Waals surface area contributed by atoms with Gasteiger partial charge in [0.25, 0.3) is 0 Å². The predicted octanol–water partition coefficient (Wildman–Crippen LogP) is 7.07. The van der Waals surface area contributed by atoms with E-state index in [0.717, 1.165) is 5.92 Å². The first-order valence-electron chi connectivity index (χ1n) is 13.7. The van der Waals surface area contributed by atoms with Gasteiger partial charge in [-0.1, -0.05) is 110 Å². The van der Waals surface area contributed by atoms with Crippen molar-refractivity contribution in [2.24, 2.45) is 5.92 Å². The molecule has 0 saturated heterocycles. The highest BCUT2D eigenvalue weighted by atomic mass is 16.5. The summed E-state index contributed by atoms with van der Waals surface area (Å²) in [7, 11) is 0. The van der Waals surface area contributed by atoms with Crippen LogP contribution in [0.5, 0.6) is 0 Å². The number of aliphatic hydroxyl groups excluding tert-OH is 1. The SMILES string of the molecule is CCCCCCCCCCCCCCCC1CCCC(OCCOCCOCCO)C1. The van der Waals surface area contributed by atoms with Gasteiger partial charge in [0.1, 0.15) is 0 Å². The van der Waals surface area contributed by atoms with Gasteiger partial charge >= 0.3 is 0 Å². The molecule has 186 valence electrons. The summed E-state index contributed by atoms with van der Waals surface area (Å²) >= 11 is 0. The number of hydrogen-bond acceptors (Lipinski definition) is 4. The molecule has 0 aromatic rings. The molecule has 31 heavy (non-hydrogen) atoms. The number of aliphatic hydroxyl groups is 1. The maximum Gasteiger partial charge on any atom is 0.0704 e. The van der Waals surface area contributed by atoms with Crippen molar-refractivity contribution < 1.29 is 19.3 Å². The fourth-order valence-electron chi connectivity index (χ4n) is 4.77. The van der Waals surface area contributed by atoms with Crippen molar-refractivity contribution in [1.82, 2.24) is 0 Å². The lowest BCUT2D eigenvalue weighted by molar-refractivity contribution is -0.0316. The van der Waals surface area contributed by atoms with E-state index >= 15 is 0 Å². The quantitative estimate of drug-likeness (QED) is 0.172. The zero-order chi connectivity index (χ0) is 22.2. The lowest BCUT2D eigenvalue weighted by Crippen LogP contribution is -2.24. The smallest absolute Gasteiger partial charge is 0.0704 e. The van der Waals surface area contributed by atoms with Crippen LogP contribution in [0.25, 0.3) is 0 Å². The zero-order valence-corrected chi connectivity index (χ0v) is 20.8. The van der Waals surface area contributed by atoms with Crippen LogP contribution >= 0.6 is 0 Å². The molecule has 1 N–H and O–H groups in total. The molecule has 2 atom stereocenters. The van der Waals surface area contributed by atoms with Crippen molar-refractivity contribution in [3.8, 4) is 0 Å². The maximum atomic E-state index is 8.64. The van der Waals surface area contributed by atoms with E-state index in [1.54, 1.807) is 0 Å². The summed E-state index contributed by atoms with van der Waals surface area (Å²) in [6, 6.07) is 0. The Balaban J connectivity index is 1.84. The van der Waals surface area contributed by atoms with Crippen LogP contribution in [-0.2, 0) is 14.2 Å². The van der Waals surface area contributed by atoms with Crippen LogP contribution in [0, 0.1) is 5.92 Å². The minimum Gasteiger partial charge on any atom is -0.394 e. The van der Waals surface area contributed by atoms with Crippen LogP contribution in [0.15, 0.2) is 0 Å². The Morgan fingerprint density at radius 1 is 0.645 bits per heavy atom. The van der Waals surface area contributed by atoms with Crippen molar-refractivity contribution >= 4 is 0 Å². The Morgan fingerprint density at radius 3 is 1.81 bits per heavy atom. The van der Waals surface area contributed by atoms with E-state index in [0.29, 0.717) is 39.1 Å². The fourth-order valence-corrected chi connectivity index (χ4v) is 4.77. The summed E-state index contributed by atoms with van der Waals surface area (Å²) in [6.45, 7) is 5.22. The van der Waals surface area contributed by atoms with E-state index in [4.69, 9.17) is 19.3 Å². The Kier molecular flexibility index (Phi) is 21.4. The highest BCUT2D eigenvalue weighted by Gasteiger charge is 2.21. The molecule has 0 radical (unpaired) electrons. The summed E-state index contributed by atoms with van der Waals surface area (Å²) in [4.78, 5) is 0. The molecule has 1 fully saturated rings. The van der Waals surface area contributed by atoms with E-state index in [-0.39, 0.29) is 6.61 Å². The van der Waals surface area contributed by atoms with Gasteiger partial charge in [-0.3, -0.25) is 0 Å². The third-order valence-electron chi connectivity index (χ3n) is 6.64. The van der Waals surface area contributed by atoms with E-state index < -0.39 is 0 Å². The molecule has 1 saturated carbocycles. The van der Waals surface area contributed by atoms with Gasteiger partial charge in [-0.05, 0) is 18.8 Å². The van der Waals surface area contributed by atoms with Crippen molar-refractivity contribution in [2.45, 2.75) is 129 Å². The molecule has 0 spiro atoms. The third-order valence-corrected chi connectivity index (χ3v) is 6.64. The first kappa shape index (κ1) is 28.9. The average molecular weight is 443 g/mol. The van der Waals surface area contributed by atoms with Gasteiger partial charge in [0, 0.05) is 0 Å². The van der Waals surface area contributed by atoms with Crippen molar-refractivity contribution in [3.05, 3.63) is 0 Å². The lowest BCUT2D eigenvalue weighted by atomic mass is 9.84. The zero-order valence-electron chi connectivity index (χ0n) is 20.8. The minimum atomic E-state index is 0.0747. The van der Waals surface area contributed by atoms with E-state index in [9.17, 15) is 0 Å². The Morgan fingerprint density at radius 2 is 1.19 bits per heavy atom. The molecule has 1 rings (SSSR count). The standard InChI is InChI=1S/C27H54O4/c1-2-3-4-5-6-7-8-9-10-11-12-13-14-16-26-17-15-18-27(25-26)31-24-23-30-22-21-29-20-19-28/h26-28H,2-25H2,1H3. The summed E-state index contributed by atoms with van der Waals surface area (Å²) in [5, 5.41) is 8.64. The summed E-state index contributed by atoms with van der Waals surface area (Å²) in [6.07, 6.45) is 25.7. The Hall–Kier alpha value is -0.160. The van der Waals surface area contributed by atoms with Crippen LogP contribution in [0.3, 0.4) is 0 Å². The molecule has 1 aliphatic carbocycles. The molecule has 1 aliphatic rings. The monoisotopic (exact) mass is 442 g/mol. The first-order valence-corrected chi connectivity index (χ1v) is 13.7. The number of ether oxygens (including phenoxy) is 3. The van der Waals surface area contributed by atoms with Crippen LogP contribution in [0.2, 0.25) is 0 Å². The van der Waals surface area contributed by atoms with E-state index in [1.807, 2.05) is 0 Å². The van der Waals surface area contributed by atoms with Crippen LogP contribution in [-0.4, -0.2) is 50.9 Å². The number of unbranched alkanes of at least 4 members (excludes halogenated alkanes) is 12. The molecule has 0 amide bonds. The third kappa shape index (κ3) is 19.1. The van der Waals surface area contributed by atoms with Crippen LogP contribution in [0.1, 0.15) is 122 Å². The highest BCUT2D eigenvalue weighted by molar-refractivity contribution is 4.73. The van der Waals surface area contributed by atoms with Gasteiger partial charge in [0.05, 0.1) is 45.7 Å². The van der Waals surface area contributed by atoms with Gasteiger partial charge in [0.15, 0.2) is 0 Å². The second-order valence-corrected chi connectivity index (χ2v) is 9.51. The number of rotatable bonds is 23. The van der Waals surface area contributed by atoms with Crippen molar-refractivity contribution in [2.75, 3.05) is 39.6 Å². The van der Waals surface area contributed by atoms with Crippen molar-refractivity contribution in [1.29, 1.82) is 0 Å². The second-order valence-electron chi connectivity index (χ2n) is 9.51. The van der Waals surface area contributed by atoms with Crippen LogP contribution in [0.4, 0.5) is 0 Å². The van der Waals surface area contributed by atoms with E-state index in [2.05, 4.69) is 6.92 Å². The number of hydrogen-bond donors (Lipinski definition) is 1. The minimum absolute atomic E-state index is 0.0747. The van der Waals surface area contributed by atoms with Gasteiger partial charge in [-0.15, -0.1) is 0 Å². The van der Waals surface area contributed by atoms with Crippen molar-refractivity contribution in [3.63, 3.8) is 0 Å². The van der Waals surface area contributed by atoms with E-state index in [1.165, 1.54) is 116 Å². The Bertz CT molecular complexity index is 350. The molecule has 0 bridgehead atoms. The molecular weight excluding hydrogens is 388 g/mol. The van der Waals surface area contributed by atoms with Gasteiger partial charge in [-0.2, -0.15) is 0 Å². The molecular formula is C27H54O4. The largest absolute Gasteiger partial charge is 0.394 e. The van der Waals surface area contributed by atoms with Gasteiger partial charge in [-0.25, -0.2) is 0 Å². The first-order chi connectivity index (χ1) is 15.4. The molecule has 2 unspecified atom stereocenters. The Labute approximate surface area is 193 Å². The van der Waals surface area contributed by atoms with Gasteiger partial charge < -0.3 is 19.3 Å². The normalized spacial score (nSPS) is 19.2. The fraction of sp³-hybridized carbons (Fsp3) is 1.00. The van der Waals surface area contributed by atoms with Crippen LogP contribution < -0.4 is 0 Å². The molecule has 0 heterocycles. The highest BCUT2D eigenvalue weighted by Crippen LogP contribution is 2.30. The summed E-state index contributed by atoms with van der Waals surface area (Å²) in [5.74, 6) is 0.874. The molecule has 4 heteroatoms. The van der Waals surface area contributed by atoms with Gasteiger partial charge in [0.2, 0.25) is 0 Å². The lowest BCUT2D eigenvalue weighted by Gasteiger charge is -2.29. The average Bonchev–Trinajstić information content (AvgIpc) is 2.79. The molecule has 4 nitrogen and oxygen atoms in total. The molecule has 0 aromatic carbocycles. The maximum absolute atomic E-state index is 8.64. The topological polar surface area (TPSA) is 47.9 Å². The molecule has 0 aromatic heterocycles. The molecule has 0 aliphatic heterocycles.